The van der Waals surface area contributed by atoms with E-state index in [4.69, 9.17) is 0 Å². The number of nitrogens with zero attached hydrogens (tertiary/aromatic N) is 1. The number of rotatable bonds is 5. The minimum absolute atomic E-state index is 0.277. The zero-order valence-electron chi connectivity index (χ0n) is 17.4. The molecule has 6 heteroatoms. The van der Waals surface area contributed by atoms with Crippen LogP contribution >= 0.6 is 0 Å². The SMILES string of the molecule is CCn1c(=O)[nH]c2cc(C(=O)NC(C)(c3ccccc3)c3ccccc3)ccc2c1=O. The monoisotopic (exact) mass is 413 g/mol. The van der Waals surface area contributed by atoms with Gasteiger partial charge in [-0.05, 0) is 43.2 Å². The molecule has 0 aliphatic carbocycles. The molecule has 4 rings (SSSR count). The van der Waals surface area contributed by atoms with Crippen molar-refractivity contribution >= 4 is 16.8 Å². The Hall–Kier alpha value is -3.93. The van der Waals surface area contributed by atoms with Crippen LogP contribution in [0.25, 0.3) is 10.9 Å². The molecule has 1 amide bonds. The van der Waals surface area contributed by atoms with Crippen molar-refractivity contribution in [1.82, 2.24) is 14.9 Å². The summed E-state index contributed by atoms with van der Waals surface area (Å²) in [6.07, 6.45) is 0. The van der Waals surface area contributed by atoms with Gasteiger partial charge in [0.25, 0.3) is 11.5 Å². The Bertz CT molecular complexity index is 1320. The van der Waals surface area contributed by atoms with Crippen LogP contribution in [0.15, 0.2) is 88.5 Å². The van der Waals surface area contributed by atoms with E-state index in [0.717, 1.165) is 15.7 Å². The number of aromatic amines is 1. The summed E-state index contributed by atoms with van der Waals surface area (Å²) in [6, 6.07) is 24.2. The minimum atomic E-state index is -0.770. The van der Waals surface area contributed by atoms with Crippen molar-refractivity contribution in [1.29, 1.82) is 0 Å². The largest absolute Gasteiger partial charge is 0.339 e. The molecular formula is C25H23N3O3. The molecule has 0 radical (unpaired) electrons. The maximum atomic E-state index is 13.3. The Balaban J connectivity index is 1.77. The van der Waals surface area contributed by atoms with E-state index in [1.807, 2.05) is 67.6 Å². The topological polar surface area (TPSA) is 84.0 Å². The highest BCUT2D eigenvalue weighted by Gasteiger charge is 2.31. The molecule has 31 heavy (non-hydrogen) atoms. The number of aromatic nitrogens is 2. The fourth-order valence-electron chi connectivity index (χ4n) is 3.84. The van der Waals surface area contributed by atoms with E-state index in [0.29, 0.717) is 16.5 Å². The number of benzene rings is 3. The van der Waals surface area contributed by atoms with Gasteiger partial charge in [0.2, 0.25) is 0 Å². The van der Waals surface area contributed by atoms with Crippen LogP contribution in [0.3, 0.4) is 0 Å². The molecule has 6 nitrogen and oxygen atoms in total. The van der Waals surface area contributed by atoms with Crippen molar-refractivity contribution in [3.8, 4) is 0 Å². The zero-order valence-corrected chi connectivity index (χ0v) is 17.4. The van der Waals surface area contributed by atoms with Crippen LogP contribution in [0.4, 0.5) is 0 Å². The summed E-state index contributed by atoms with van der Waals surface area (Å²) >= 11 is 0. The van der Waals surface area contributed by atoms with Crippen LogP contribution in [0.1, 0.15) is 35.3 Å². The Morgan fingerprint density at radius 3 is 2.06 bits per heavy atom. The van der Waals surface area contributed by atoms with Gasteiger partial charge in [0.1, 0.15) is 0 Å². The van der Waals surface area contributed by atoms with Gasteiger partial charge < -0.3 is 10.3 Å². The first-order valence-corrected chi connectivity index (χ1v) is 10.1. The normalized spacial score (nSPS) is 11.4. The number of hydrogen-bond donors (Lipinski definition) is 2. The van der Waals surface area contributed by atoms with E-state index in [2.05, 4.69) is 10.3 Å². The quantitative estimate of drug-likeness (QED) is 0.526. The number of nitrogens with one attached hydrogen (secondary N) is 2. The molecule has 0 aliphatic rings. The summed E-state index contributed by atoms with van der Waals surface area (Å²) in [5.41, 5.74) is 0.947. The van der Waals surface area contributed by atoms with E-state index in [1.54, 1.807) is 25.1 Å². The molecule has 0 bridgehead atoms. The van der Waals surface area contributed by atoms with Gasteiger partial charge in [-0.2, -0.15) is 0 Å². The summed E-state index contributed by atoms with van der Waals surface area (Å²) in [7, 11) is 0. The molecule has 0 saturated heterocycles. The second-order valence-corrected chi connectivity index (χ2v) is 7.55. The van der Waals surface area contributed by atoms with Gasteiger partial charge in [-0.25, -0.2) is 4.79 Å². The smallest absolute Gasteiger partial charge is 0.328 e. The lowest BCUT2D eigenvalue weighted by Crippen LogP contribution is -2.44. The minimum Gasteiger partial charge on any atom is -0.339 e. The van der Waals surface area contributed by atoms with Gasteiger partial charge in [-0.1, -0.05) is 60.7 Å². The lowest BCUT2D eigenvalue weighted by Gasteiger charge is -2.32. The van der Waals surface area contributed by atoms with Crippen LogP contribution in [0, 0.1) is 0 Å². The van der Waals surface area contributed by atoms with Crippen molar-refractivity contribution in [2.45, 2.75) is 25.9 Å². The number of carbonyl (C=O) groups is 1. The summed E-state index contributed by atoms with van der Waals surface area (Å²) in [5, 5.41) is 3.51. The third-order valence-electron chi connectivity index (χ3n) is 5.63. The molecular weight excluding hydrogens is 390 g/mol. The fraction of sp³-hybridized carbons (Fsp3) is 0.160. The molecule has 4 aromatic rings. The standard InChI is InChI=1S/C25H23N3O3/c1-3-28-23(30)20-15-14-17(16-21(20)26-24(28)31)22(29)27-25(2,18-10-6-4-7-11-18)19-12-8-5-9-13-19/h4-16H,3H2,1-2H3,(H,26,31)(H,27,29). The van der Waals surface area contributed by atoms with Crippen LogP contribution in [0.2, 0.25) is 0 Å². The molecule has 0 aliphatic heterocycles. The van der Waals surface area contributed by atoms with Gasteiger partial charge >= 0.3 is 5.69 Å². The third kappa shape index (κ3) is 3.68. The molecule has 0 spiro atoms. The second-order valence-electron chi connectivity index (χ2n) is 7.55. The van der Waals surface area contributed by atoms with E-state index in [-0.39, 0.29) is 18.0 Å². The van der Waals surface area contributed by atoms with Crippen LogP contribution < -0.4 is 16.6 Å². The van der Waals surface area contributed by atoms with Crippen LogP contribution in [-0.2, 0) is 12.1 Å². The molecule has 0 saturated carbocycles. The van der Waals surface area contributed by atoms with Gasteiger partial charge in [0.15, 0.2) is 0 Å². The first-order chi connectivity index (χ1) is 14.9. The van der Waals surface area contributed by atoms with E-state index in [9.17, 15) is 14.4 Å². The van der Waals surface area contributed by atoms with E-state index >= 15 is 0 Å². The van der Waals surface area contributed by atoms with Gasteiger partial charge in [0.05, 0.1) is 16.4 Å². The predicted molar refractivity (Wildman–Crippen MR) is 121 cm³/mol. The molecule has 156 valence electrons. The molecule has 1 heterocycles. The van der Waals surface area contributed by atoms with Gasteiger partial charge in [0, 0.05) is 12.1 Å². The second kappa shape index (κ2) is 8.07. The molecule has 0 fully saturated rings. The fourth-order valence-corrected chi connectivity index (χ4v) is 3.84. The summed E-state index contributed by atoms with van der Waals surface area (Å²) in [4.78, 5) is 40.6. The average molecular weight is 413 g/mol. The molecule has 1 aromatic heterocycles. The van der Waals surface area contributed by atoms with Crippen molar-refractivity contribution < 1.29 is 4.79 Å². The van der Waals surface area contributed by atoms with Crippen LogP contribution in [-0.4, -0.2) is 15.5 Å². The lowest BCUT2D eigenvalue weighted by atomic mass is 9.84. The summed E-state index contributed by atoms with van der Waals surface area (Å²) in [6.45, 7) is 3.97. The number of H-pyrrole nitrogens is 1. The number of fused-ring (bicyclic) bond motifs is 1. The number of carbonyl (C=O) groups excluding carboxylic acids is 1. The molecule has 2 N–H and O–H groups in total. The summed E-state index contributed by atoms with van der Waals surface area (Å²) < 4.78 is 1.13. The lowest BCUT2D eigenvalue weighted by molar-refractivity contribution is 0.0919. The highest BCUT2D eigenvalue weighted by molar-refractivity contribution is 5.98. The molecule has 0 unspecified atom stereocenters. The number of hydrogen-bond acceptors (Lipinski definition) is 3. The highest BCUT2D eigenvalue weighted by Crippen LogP contribution is 2.29. The average Bonchev–Trinajstić information content (AvgIpc) is 2.80. The Morgan fingerprint density at radius 2 is 1.52 bits per heavy atom. The Kier molecular flexibility index (Phi) is 5.29. The maximum Gasteiger partial charge on any atom is 0.328 e. The van der Waals surface area contributed by atoms with Crippen molar-refractivity contribution in [3.05, 3.63) is 116 Å². The maximum absolute atomic E-state index is 13.3. The predicted octanol–water partition coefficient (Wildman–Crippen LogP) is 3.40. The molecule has 0 atom stereocenters. The van der Waals surface area contributed by atoms with Gasteiger partial charge in [-0.3, -0.25) is 14.2 Å². The van der Waals surface area contributed by atoms with E-state index < -0.39 is 11.2 Å². The van der Waals surface area contributed by atoms with Crippen molar-refractivity contribution in [2.75, 3.05) is 0 Å². The molecule has 3 aromatic carbocycles. The summed E-state index contributed by atoms with van der Waals surface area (Å²) in [5.74, 6) is -0.308. The Morgan fingerprint density at radius 1 is 0.935 bits per heavy atom. The van der Waals surface area contributed by atoms with E-state index in [1.165, 1.54) is 0 Å². The number of amides is 1. The van der Waals surface area contributed by atoms with Crippen molar-refractivity contribution in [3.63, 3.8) is 0 Å². The van der Waals surface area contributed by atoms with Crippen molar-refractivity contribution in [2.24, 2.45) is 0 Å². The first kappa shape index (κ1) is 20.3. The van der Waals surface area contributed by atoms with Crippen LogP contribution in [0.5, 0.6) is 0 Å². The zero-order chi connectivity index (χ0) is 22.0. The third-order valence-corrected chi connectivity index (χ3v) is 5.63. The highest BCUT2D eigenvalue weighted by atomic mass is 16.2. The van der Waals surface area contributed by atoms with Gasteiger partial charge in [-0.15, -0.1) is 0 Å². The first-order valence-electron chi connectivity index (χ1n) is 10.1. The Labute approximate surface area is 179 Å².